The Morgan fingerprint density at radius 3 is 2.38 bits per heavy atom. The van der Waals surface area contributed by atoms with Gasteiger partial charge < -0.3 is 9.62 Å². The van der Waals surface area contributed by atoms with Gasteiger partial charge in [0.1, 0.15) is 11.7 Å². The van der Waals surface area contributed by atoms with Gasteiger partial charge in [-0.1, -0.05) is 6.42 Å². The molecule has 0 atom stereocenters. The third-order valence-corrected chi connectivity index (χ3v) is 0.772. The molecule has 0 N–H and O–H groups in total. The van der Waals surface area contributed by atoms with Crippen LogP contribution < -0.4 is 0 Å². The van der Waals surface area contributed by atoms with E-state index in [-0.39, 0.29) is 5.76 Å². The van der Waals surface area contributed by atoms with Crippen molar-refractivity contribution >= 4 is 5.97 Å². The summed E-state index contributed by atoms with van der Waals surface area (Å²) in [6, 6.07) is 0. The van der Waals surface area contributed by atoms with Crippen LogP contribution in [0.15, 0.2) is 12.3 Å². The number of hydrogen-bond acceptors (Lipinski definition) is 4. The van der Waals surface area contributed by atoms with Gasteiger partial charge in [0.2, 0.25) is 5.76 Å². The second-order valence-corrected chi connectivity index (χ2v) is 3.21. The lowest BCUT2D eigenvalue weighted by atomic mass is 10.2. The molecule has 0 amide bonds. The maximum absolute atomic E-state index is 10.8. The first-order valence-corrected chi connectivity index (χ1v) is 3.58. The predicted molar refractivity (Wildman–Crippen MR) is 46.0 cm³/mol. The Balaban J connectivity index is 3.90. The first-order chi connectivity index (χ1) is 5.87. The van der Waals surface area contributed by atoms with Crippen LogP contribution in [0.5, 0.6) is 0 Å². The van der Waals surface area contributed by atoms with Gasteiger partial charge in [0, 0.05) is 0 Å². The molecule has 0 rings (SSSR count). The summed E-state index contributed by atoms with van der Waals surface area (Å²) in [5.41, 5.74) is -0.528. The minimum Gasteiger partial charge on any atom is -0.366 e. The van der Waals surface area contributed by atoms with Crippen LogP contribution in [0.2, 0.25) is 0 Å². The quantitative estimate of drug-likeness (QED) is 0.166. The number of hydrogen-bond donors (Lipinski definition) is 0. The van der Waals surface area contributed by atoms with E-state index in [1.54, 1.807) is 26.9 Å². The van der Waals surface area contributed by atoms with Crippen molar-refractivity contribution in [2.45, 2.75) is 26.4 Å². The molecule has 0 aromatic carbocycles. The van der Waals surface area contributed by atoms with Gasteiger partial charge in [-0.2, -0.15) is 4.89 Å². The molecule has 72 valence electrons. The van der Waals surface area contributed by atoms with Gasteiger partial charge in [-0.05, 0) is 27.4 Å². The molecule has 0 aliphatic rings. The summed E-state index contributed by atoms with van der Waals surface area (Å²) in [7, 11) is 0. The average molecular weight is 184 g/mol. The fraction of sp³-hybridized carbons (Fsp3) is 0.444. The second kappa shape index (κ2) is 4.53. The molecule has 0 spiro atoms. The molecule has 0 radical (unpaired) electrons. The van der Waals surface area contributed by atoms with Crippen LogP contribution in [0.1, 0.15) is 20.8 Å². The number of terminal acetylenes is 1. The van der Waals surface area contributed by atoms with Crippen molar-refractivity contribution in [1.82, 2.24) is 0 Å². The van der Waals surface area contributed by atoms with E-state index in [1.807, 2.05) is 0 Å². The molecule has 0 saturated heterocycles. The topological polar surface area (TPSA) is 44.8 Å². The van der Waals surface area contributed by atoms with Crippen molar-refractivity contribution < 1.29 is 19.3 Å². The van der Waals surface area contributed by atoms with E-state index in [0.717, 1.165) is 0 Å². The largest absolute Gasteiger partial charge is 0.391 e. The highest BCUT2D eigenvalue weighted by Crippen LogP contribution is 2.10. The Kier molecular flexibility index (Phi) is 4.02. The highest BCUT2D eigenvalue weighted by atomic mass is 17.2. The lowest BCUT2D eigenvalue weighted by molar-refractivity contribution is -0.320. The zero-order valence-corrected chi connectivity index (χ0v) is 7.92. The van der Waals surface area contributed by atoms with Gasteiger partial charge in [0.25, 0.3) is 0 Å². The predicted octanol–water partition coefficient (Wildman–Crippen LogP) is 1.38. The lowest BCUT2D eigenvalue weighted by Crippen LogP contribution is -2.20. The van der Waals surface area contributed by atoms with E-state index in [1.165, 1.54) is 0 Å². The Labute approximate surface area is 77.4 Å². The summed E-state index contributed by atoms with van der Waals surface area (Å²) in [4.78, 5) is 20.1. The van der Waals surface area contributed by atoms with Crippen molar-refractivity contribution in [3.63, 3.8) is 0 Å². The highest BCUT2D eigenvalue weighted by molar-refractivity contribution is 5.86. The summed E-state index contributed by atoms with van der Waals surface area (Å²) < 4.78 is 4.15. The maximum Gasteiger partial charge on any atom is 0.391 e. The van der Waals surface area contributed by atoms with Crippen LogP contribution in [0.4, 0.5) is 0 Å². The van der Waals surface area contributed by atoms with Crippen molar-refractivity contribution in [2.24, 2.45) is 0 Å². The average Bonchev–Trinajstić information content (AvgIpc) is 1.99. The van der Waals surface area contributed by atoms with Gasteiger partial charge in [0.05, 0.1) is 0 Å². The summed E-state index contributed by atoms with van der Waals surface area (Å²) in [5, 5.41) is 0. The Morgan fingerprint density at radius 2 is 2.00 bits per heavy atom. The first-order valence-electron chi connectivity index (χ1n) is 3.58. The fourth-order valence-corrected chi connectivity index (χ4v) is 0.320. The van der Waals surface area contributed by atoms with Crippen LogP contribution in [0.25, 0.3) is 0 Å². The second-order valence-electron chi connectivity index (χ2n) is 3.21. The zero-order valence-electron chi connectivity index (χ0n) is 7.92. The van der Waals surface area contributed by atoms with Crippen LogP contribution >= 0.6 is 0 Å². The maximum atomic E-state index is 10.8. The van der Waals surface area contributed by atoms with Crippen molar-refractivity contribution in [1.29, 1.82) is 0 Å². The number of carbonyl (C=O) groups is 1. The molecule has 0 bridgehead atoms. The standard InChI is InChI=1S/C9H12O4/c1-6-11-8(10)7(2)12-13-9(3,4)5/h1H,2H2,3-5H3. The number of carbonyl (C=O) groups excluding carboxylic acids is 1. The van der Waals surface area contributed by atoms with E-state index < -0.39 is 11.6 Å². The van der Waals surface area contributed by atoms with Gasteiger partial charge in [0.15, 0.2) is 0 Å². The summed E-state index contributed by atoms with van der Waals surface area (Å²) in [6.45, 7) is 8.53. The third-order valence-electron chi connectivity index (χ3n) is 0.772. The van der Waals surface area contributed by atoms with Gasteiger partial charge >= 0.3 is 5.97 Å². The minimum absolute atomic E-state index is 0.284. The molecular weight excluding hydrogens is 172 g/mol. The van der Waals surface area contributed by atoms with Crippen LogP contribution in [0, 0.1) is 12.5 Å². The molecule has 4 nitrogen and oxygen atoms in total. The molecule has 0 fully saturated rings. The van der Waals surface area contributed by atoms with Gasteiger partial charge in [-0.15, -0.1) is 0 Å². The fourth-order valence-electron chi connectivity index (χ4n) is 0.320. The highest BCUT2D eigenvalue weighted by Gasteiger charge is 2.17. The SMILES string of the molecule is C#COC(=O)C(=C)OOC(C)(C)C. The molecule has 0 saturated carbocycles. The van der Waals surface area contributed by atoms with E-state index in [2.05, 4.69) is 16.2 Å². The smallest absolute Gasteiger partial charge is 0.366 e. The van der Waals surface area contributed by atoms with Crippen molar-refractivity contribution in [3.8, 4) is 12.5 Å². The molecule has 0 unspecified atom stereocenters. The molecule has 0 aliphatic carbocycles. The molecule has 0 heterocycles. The molecule has 0 aromatic rings. The summed E-state index contributed by atoms with van der Waals surface area (Å²) >= 11 is 0. The van der Waals surface area contributed by atoms with Crippen LogP contribution in [-0.2, 0) is 19.3 Å². The van der Waals surface area contributed by atoms with Crippen molar-refractivity contribution in [3.05, 3.63) is 12.3 Å². The minimum atomic E-state index is -0.841. The zero-order chi connectivity index (χ0) is 10.5. The van der Waals surface area contributed by atoms with Crippen LogP contribution in [0.3, 0.4) is 0 Å². The Bertz CT molecular complexity index is 241. The summed E-state index contributed by atoms with van der Waals surface area (Å²) in [5.74, 6) is -1.13. The molecule has 4 heteroatoms. The Hall–Kier alpha value is -1.47. The van der Waals surface area contributed by atoms with E-state index in [9.17, 15) is 4.79 Å². The van der Waals surface area contributed by atoms with Crippen LogP contribution in [-0.4, -0.2) is 11.6 Å². The molecule has 13 heavy (non-hydrogen) atoms. The first kappa shape index (κ1) is 11.5. The van der Waals surface area contributed by atoms with E-state index in [4.69, 9.17) is 11.3 Å². The molecular formula is C9H12O4. The number of ether oxygens (including phenoxy) is 1. The molecule has 0 aliphatic heterocycles. The monoisotopic (exact) mass is 184 g/mol. The van der Waals surface area contributed by atoms with Gasteiger partial charge in [-0.25, -0.2) is 4.79 Å². The lowest BCUT2D eigenvalue weighted by Gasteiger charge is -2.17. The number of esters is 1. The van der Waals surface area contributed by atoms with E-state index in [0.29, 0.717) is 0 Å². The summed E-state index contributed by atoms with van der Waals surface area (Å²) in [6.07, 6.45) is 6.42. The van der Waals surface area contributed by atoms with Gasteiger partial charge in [-0.3, -0.25) is 0 Å². The molecule has 0 aromatic heterocycles. The Morgan fingerprint density at radius 1 is 1.46 bits per heavy atom. The van der Waals surface area contributed by atoms with E-state index >= 15 is 0 Å². The third kappa shape index (κ3) is 5.76. The number of rotatable bonds is 3. The van der Waals surface area contributed by atoms with Crippen molar-refractivity contribution in [2.75, 3.05) is 0 Å². The normalized spacial score (nSPS) is 10.0.